The lowest BCUT2D eigenvalue weighted by Gasteiger charge is -2.15. The van der Waals surface area contributed by atoms with Crippen LogP contribution in [0.4, 0.5) is 4.39 Å². The normalized spacial score (nSPS) is 21.3. The Kier molecular flexibility index (Phi) is 3.41. The fourth-order valence-corrected chi connectivity index (χ4v) is 2.03. The van der Waals surface area contributed by atoms with E-state index in [9.17, 15) is 4.39 Å². The van der Waals surface area contributed by atoms with Crippen LogP contribution in [0, 0.1) is 5.82 Å². The van der Waals surface area contributed by atoms with Crippen LogP contribution < -0.4 is 10.5 Å². The van der Waals surface area contributed by atoms with Crippen molar-refractivity contribution in [3.63, 3.8) is 0 Å². The van der Waals surface area contributed by atoms with Gasteiger partial charge < -0.3 is 10.5 Å². The molecule has 16 heavy (non-hydrogen) atoms. The molecule has 0 aliphatic carbocycles. The molecule has 1 aromatic carbocycles. The second-order valence-corrected chi connectivity index (χ2v) is 4.24. The first-order valence-electron chi connectivity index (χ1n) is 5.49. The molecule has 1 saturated heterocycles. The van der Waals surface area contributed by atoms with E-state index in [1.54, 1.807) is 12.1 Å². The summed E-state index contributed by atoms with van der Waals surface area (Å²) < 4.78 is 18.6. The van der Waals surface area contributed by atoms with Crippen LogP contribution in [0.25, 0.3) is 0 Å². The monoisotopic (exact) mass is 224 g/mol. The average Bonchev–Trinajstić information content (AvgIpc) is 2.67. The third kappa shape index (κ3) is 2.51. The van der Waals surface area contributed by atoms with Crippen molar-refractivity contribution in [2.24, 2.45) is 5.73 Å². The topological polar surface area (TPSA) is 38.5 Å². The SMILES string of the molecule is COc1ccc(CN2CC[C@@H](N)C2)c(F)c1. The lowest BCUT2D eigenvalue weighted by Crippen LogP contribution is -2.26. The number of nitrogens with zero attached hydrogens (tertiary/aromatic N) is 1. The number of hydrogen-bond donors (Lipinski definition) is 1. The zero-order chi connectivity index (χ0) is 11.5. The van der Waals surface area contributed by atoms with E-state index in [2.05, 4.69) is 4.90 Å². The van der Waals surface area contributed by atoms with Crippen molar-refractivity contribution in [1.29, 1.82) is 0 Å². The first-order chi connectivity index (χ1) is 7.69. The van der Waals surface area contributed by atoms with Gasteiger partial charge in [0.05, 0.1) is 7.11 Å². The quantitative estimate of drug-likeness (QED) is 0.842. The number of benzene rings is 1. The van der Waals surface area contributed by atoms with Crippen LogP contribution in [0.5, 0.6) is 5.75 Å². The van der Waals surface area contributed by atoms with E-state index >= 15 is 0 Å². The summed E-state index contributed by atoms with van der Waals surface area (Å²) in [5.74, 6) is 0.346. The molecule has 1 aliphatic rings. The van der Waals surface area contributed by atoms with Gasteiger partial charge in [-0.15, -0.1) is 0 Å². The Balaban J connectivity index is 2.04. The molecule has 0 saturated carbocycles. The number of nitrogens with two attached hydrogens (primary N) is 1. The third-order valence-corrected chi connectivity index (χ3v) is 2.96. The molecule has 3 nitrogen and oxygen atoms in total. The fourth-order valence-electron chi connectivity index (χ4n) is 2.03. The zero-order valence-electron chi connectivity index (χ0n) is 9.45. The summed E-state index contributed by atoms with van der Waals surface area (Å²) in [4.78, 5) is 2.18. The number of rotatable bonds is 3. The molecule has 4 heteroatoms. The predicted octanol–water partition coefficient (Wildman–Crippen LogP) is 1.37. The highest BCUT2D eigenvalue weighted by atomic mass is 19.1. The molecule has 1 aromatic rings. The predicted molar refractivity (Wildman–Crippen MR) is 60.8 cm³/mol. The van der Waals surface area contributed by atoms with Gasteiger partial charge in [-0.05, 0) is 12.5 Å². The highest BCUT2D eigenvalue weighted by Crippen LogP contribution is 2.19. The second kappa shape index (κ2) is 4.80. The van der Waals surface area contributed by atoms with Crippen LogP contribution in [-0.2, 0) is 6.54 Å². The van der Waals surface area contributed by atoms with Crippen LogP contribution in [0.3, 0.4) is 0 Å². The van der Waals surface area contributed by atoms with E-state index in [-0.39, 0.29) is 11.9 Å². The molecule has 0 radical (unpaired) electrons. The van der Waals surface area contributed by atoms with Gasteiger partial charge in [-0.1, -0.05) is 6.07 Å². The van der Waals surface area contributed by atoms with Crippen molar-refractivity contribution >= 4 is 0 Å². The minimum absolute atomic E-state index is 0.208. The van der Waals surface area contributed by atoms with Gasteiger partial charge >= 0.3 is 0 Å². The van der Waals surface area contributed by atoms with Gasteiger partial charge in [0, 0.05) is 37.3 Å². The van der Waals surface area contributed by atoms with Crippen LogP contribution in [0.2, 0.25) is 0 Å². The second-order valence-electron chi connectivity index (χ2n) is 4.24. The molecule has 2 N–H and O–H groups in total. The summed E-state index contributed by atoms with van der Waals surface area (Å²) in [6.07, 6.45) is 0.998. The molecule has 2 rings (SSSR count). The van der Waals surface area contributed by atoms with E-state index in [0.29, 0.717) is 17.9 Å². The first-order valence-corrected chi connectivity index (χ1v) is 5.49. The number of halogens is 1. The van der Waals surface area contributed by atoms with E-state index in [4.69, 9.17) is 10.5 Å². The van der Waals surface area contributed by atoms with Crippen molar-refractivity contribution in [1.82, 2.24) is 4.90 Å². The molecular weight excluding hydrogens is 207 g/mol. The maximum atomic E-state index is 13.6. The minimum Gasteiger partial charge on any atom is -0.497 e. The van der Waals surface area contributed by atoms with E-state index in [1.807, 2.05) is 0 Å². The zero-order valence-corrected chi connectivity index (χ0v) is 9.45. The minimum atomic E-state index is -0.208. The summed E-state index contributed by atoms with van der Waals surface area (Å²) >= 11 is 0. The number of ether oxygens (including phenoxy) is 1. The summed E-state index contributed by atoms with van der Waals surface area (Å²) in [7, 11) is 1.54. The fraction of sp³-hybridized carbons (Fsp3) is 0.500. The maximum absolute atomic E-state index is 13.6. The molecule has 1 aliphatic heterocycles. The smallest absolute Gasteiger partial charge is 0.131 e. The van der Waals surface area contributed by atoms with Gasteiger partial charge in [0.2, 0.25) is 0 Å². The molecule has 1 fully saturated rings. The summed E-state index contributed by atoms with van der Waals surface area (Å²) in [5, 5.41) is 0. The van der Waals surface area contributed by atoms with Crippen molar-refractivity contribution in [2.45, 2.75) is 19.0 Å². The van der Waals surface area contributed by atoms with Crippen LogP contribution >= 0.6 is 0 Å². The maximum Gasteiger partial charge on any atom is 0.131 e. The summed E-state index contributed by atoms with van der Waals surface area (Å²) in [5.41, 5.74) is 6.51. The standard InChI is InChI=1S/C12H17FN2O/c1-16-11-3-2-9(12(13)6-11)7-15-5-4-10(14)8-15/h2-3,6,10H,4-5,7-8,14H2,1H3/t10-/m1/s1. The molecule has 1 heterocycles. The van der Waals surface area contributed by atoms with E-state index < -0.39 is 0 Å². The largest absolute Gasteiger partial charge is 0.497 e. The Hall–Kier alpha value is -1.13. The average molecular weight is 224 g/mol. The lowest BCUT2D eigenvalue weighted by atomic mass is 10.2. The molecule has 88 valence electrons. The summed E-state index contributed by atoms with van der Waals surface area (Å²) in [6.45, 7) is 2.43. The number of hydrogen-bond acceptors (Lipinski definition) is 3. The van der Waals surface area contributed by atoms with Gasteiger partial charge in [-0.25, -0.2) is 4.39 Å². The van der Waals surface area contributed by atoms with E-state index in [1.165, 1.54) is 13.2 Å². The van der Waals surface area contributed by atoms with Gasteiger partial charge in [0.25, 0.3) is 0 Å². The number of methoxy groups -OCH3 is 1. The van der Waals surface area contributed by atoms with Gasteiger partial charge in [-0.2, -0.15) is 0 Å². The van der Waals surface area contributed by atoms with Crippen molar-refractivity contribution < 1.29 is 9.13 Å². The Morgan fingerprint density at radius 2 is 2.38 bits per heavy atom. The Labute approximate surface area is 95.0 Å². The van der Waals surface area contributed by atoms with Gasteiger partial charge in [0.15, 0.2) is 0 Å². The van der Waals surface area contributed by atoms with E-state index in [0.717, 1.165) is 19.5 Å². The lowest BCUT2D eigenvalue weighted by molar-refractivity contribution is 0.320. The van der Waals surface area contributed by atoms with Crippen LogP contribution in [0.15, 0.2) is 18.2 Å². The Bertz CT molecular complexity index is 370. The molecule has 1 atom stereocenters. The summed E-state index contributed by atoms with van der Waals surface area (Å²) in [6, 6.07) is 5.22. The molecular formula is C12H17FN2O. The number of likely N-dealkylation sites (tertiary alicyclic amines) is 1. The first kappa shape index (κ1) is 11.4. The van der Waals surface area contributed by atoms with Crippen molar-refractivity contribution in [3.05, 3.63) is 29.6 Å². The molecule has 0 spiro atoms. The molecule has 0 aromatic heterocycles. The van der Waals surface area contributed by atoms with Crippen LogP contribution in [0.1, 0.15) is 12.0 Å². The molecule has 0 bridgehead atoms. The third-order valence-electron chi connectivity index (χ3n) is 2.96. The van der Waals surface area contributed by atoms with Crippen molar-refractivity contribution in [2.75, 3.05) is 20.2 Å². The molecule has 0 amide bonds. The highest BCUT2D eigenvalue weighted by Gasteiger charge is 2.19. The van der Waals surface area contributed by atoms with Crippen LogP contribution in [-0.4, -0.2) is 31.1 Å². The Morgan fingerprint density at radius 1 is 1.56 bits per heavy atom. The highest BCUT2D eigenvalue weighted by molar-refractivity contribution is 5.28. The van der Waals surface area contributed by atoms with Gasteiger partial charge in [0.1, 0.15) is 11.6 Å². The molecule has 0 unspecified atom stereocenters. The van der Waals surface area contributed by atoms with Crippen molar-refractivity contribution in [3.8, 4) is 5.75 Å². The van der Waals surface area contributed by atoms with Gasteiger partial charge in [-0.3, -0.25) is 4.90 Å². The Morgan fingerprint density at radius 3 is 2.94 bits per heavy atom.